The summed E-state index contributed by atoms with van der Waals surface area (Å²) in [6.45, 7) is 2.62. The first kappa shape index (κ1) is 19.5. The SMILES string of the molecule is CC(OC(=O)c1cccc(N2CCCC2=O)c1)C(=O)NCCc1ccncc1. The highest BCUT2D eigenvalue weighted by atomic mass is 16.5. The van der Waals surface area contributed by atoms with Gasteiger partial charge in [0.2, 0.25) is 5.91 Å². The van der Waals surface area contributed by atoms with E-state index in [2.05, 4.69) is 10.3 Å². The largest absolute Gasteiger partial charge is 0.449 e. The van der Waals surface area contributed by atoms with Gasteiger partial charge in [0.05, 0.1) is 5.56 Å². The maximum atomic E-state index is 12.4. The van der Waals surface area contributed by atoms with Crippen molar-refractivity contribution in [3.63, 3.8) is 0 Å². The molecule has 1 atom stereocenters. The van der Waals surface area contributed by atoms with Crippen molar-refractivity contribution < 1.29 is 19.1 Å². The number of ether oxygens (including phenoxy) is 1. The summed E-state index contributed by atoms with van der Waals surface area (Å²) in [6, 6.07) is 10.5. The molecule has 0 aliphatic carbocycles. The van der Waals surface area contributed by atoms with Gasteiger partial charge in [-0.2, -0.15) is 0 Å². The maximum Gasteiger partial charge on any atom is 0.338 e. The Morgan fingerprint density at radius 3 is 2.75 bits per heavy atom. The number of pyridine rings is 1. The topological polar surface area (TPSA) is 88.6 Å². The van der Waals surface area contributed by atoms with Crippen LogP contribution < -0.4 is 10.2 Å². The van der Waals surface area contributed by atoms with Crippen LogP contribution in [0.3, 0.4) is 0 Å². The first-order valence-electron chi connectivity index (χ1n) is 9.32. The van der Waals surface area contributed by atoms with Gasteiger partial charge in [0.15, 0.2) is 6.10 Å². The van der Waals surface area contributed by atoms with Gasteiger partial charge in [0.25, 0.3) is 5.91 Å². The van der Waals surface area contributed by atoms with E-state index >= 15 is 0 Å². The highest BCUT2D eigenvalue weighted by Crippen LogP contribution is 2.22. The summed E-state index contributed by atoms with van der Waals surface area (Å²) in [5.74, 6) is -0.897. The number of nitrogens with zero attached hydrogens (tertiary/aromatic N) is 2. The number of nitrogens with one attached hydrogen (secondary N) is 1. The number of hydrogen-bond acceptors (Lipinski definition) is 5. The van der Waals surface area contributed by atoms with Crippen LogP contribution in [0, 0.1) is 0 Å². The molecule has 1 aliphatic heterocycles. The van der Waals surface area contributed by atoms with E-state index in [4.69, 9.17) is 4.74 Å². The first-order chi connectivity index (χ1) is 13.5. The van der Waals surface area contributed by atoms with Crippen LogP contribution in [-0.2, 0) is 20.7 Å². The third kappa shape index (κ3) is 4.94. The average molecular weight is 381 g/mol. The van der Waals surface area contributed by atoms with Crippen molar-refractivity contribution in [2.75, 3.05) is 18.0 Å². The summed E-state index contributed by atoms with van der Waals surface area (Å²) in [7, 11) is 0. The minimum absolute atomic E-state index is 0.0486. The molecule has 0 bridgehead atoms. The van der Waals surface area contributed by atoms with E-state index in [1.54, 1.807) is 41.6 Å². The molecular formula is C21H23N3O4. The second-order valence-corrected chi connectivity index (χ2v) is 6.64. The lowest BCUT2D eigenvalue weighted by Gasteiger charge is -2.17. The number of esters is 1. The molecule has 3 rings (SSSR count). The first-order valence-corrected chi connectivity index (χ1v) is 9.32. The Morgan fingerprint density at radius 2 is 2.04 bits per heavy atom. The van der Waals surface area contributed by atoms with Crippen LogP contribution in [-0.4, -0.2) is 42.0 Å². The van der Waals surface area contributed by atoms with E-state index in [1.807, 2.05) is 12.1 Å². The normalized spacial score (nSPS) is 14.6. The molecule has 2 amide bonds. The Balaban J connectivity index is 1.52. The summed E-state index contributed by atoms with van der Waals surface area (Å²) >= 11 is 0. The Kier molecular flexibility index (Phi) is 6.37. The maximum absolute atomic E-state index is 12.4. The van der Waals surface area contributed by atoms with Gasteiger partial charge in [0, 0.05) is 37.6 Å². The molecule has 1 saturated heterocycles. The van der Waals surface area contributed by atoms with Gasteiger partial charge in [0.1, 0.15) is 0 Å². The molecule has 7 nitrogen and oxygen atoms in total. The fourth-order valence-corrected chi connectivity index (χ4v) is 3.03. The summed E-state index contributed by atoms with van der Waals surface area (Å²) in [5.41, 5.74) is 2.05. The van der Waals surface area contributed by atoms with Gasteiger partial charge in [-0.05, 0) is 55.7 Å². The van der Waals surface area contributed by atoms with Crippen molar-refractivity contribution in [3.8, 4) is 0 Å². The quantitative estimate of drug-likeness (QED) is 0.742. The zero-order valence-corrected chi connectivity index (χ0v) is 15.8. The monoisotopic (exact) mass is 381 g/mol. The number of amides is 2. The van der Waals surface area contributed by atoms with E-state index in [-0.39, 0.29) is 11.8 Å². The number of anilines is 1. The Hall–Kier alpha value is -3.22. The van der Waals surface area contributed by atoms with Crippen LogP contribution in [0.5, 0.6) is 0 Å². The van der Waals surface area contributed by atoms with Gasteiger partial charge in [-0.1, -0.05) is 6.07 Å². The highest BCUT2D eigenvalue weighted by molar-refractivity contribution is 5.98. The van der Waals surface area contributed by atoms with Gasteiger partial charge in [-0.3, -0.25) is 14.6 Å². The van der Waals surface area contributed by atoms with Gasteiger partial charge >= 0.3 is 5.97 Å². The fraction of sp³-hybridized carbons (Fsp3) is 0.333. The van der Waals surface area contributed by atoms with E-state index in [1.165, 1.54) is 6.92 Å². The second-order valence-electron chi connectivity index (χ2n) is 6.64. The molecule has 1 aliphatic rings. The number of hydrogen-bond donors (Lipinski definition) is 1. The number of carbonyl (C=O) groups is 3. The molecule has 0 radical (unpaired) electrons. The summed E-state index contributed by atoms with van der Waals surface area (Å²) < 4.78 is 5.28. The van der Waals surface area contributed by atoms with Crippen molar-refractivity contribution in [1.82, 2.24) is 10.3 Å². The lowest BCUT2D eigenvalue weighted by molar-refractivity contribution is -0.129. The van der Waals surface area contributed by atoms with E-state index in [0.29, 0.717) is 37.2 Å². The predicted octanol–water partition coefficient (Wildman–Crippen LogP) is 2.11. The molecule has 0 saturated carbocycles. The summed E-state index contributed by atoms with van der Waals surface area (Å²) in [4.78, 5) is 42.0. The number of rotatable bonds is 7. The lowest BCUT2D eigenvalue weighted by atomic mass is 10.2. The van der Waals surface area contributed by atoms with E-state index in [9.17, 15) is 14.4 Å². The lowest BCUT2D eigenvalue weighted by Crippen LogP contribution is -2.37. The van der Waals surface area contributed by atoms with Gasteiger partial charge < -0.3 is 15.0 Å². The zero-order chi connectivity index (χ0) is 19.9. The molecule has 1 unspecified atom stereocenters. The fourth-order valence-electron chi connectivity index (χ4n) is 3.03. The number of carbonyl (C=O) groups excluding carboxylic acids is 3. The Bertz CT molecular complexity index is 854. The molecule has 2 heterocycles. The smallest absolute Gasteiger partial charge is 0.338 e. The van der Waals surface area contributed by atoms with Crippen LogP contribution in [0.1, 0.15) is 35.7 Å². The minimum Gasteiger partial charge on any atom is -0.449 e. The molecule has 28 heavy (non-hydrogen) atoms. The molecule has 0 spiro atoms. The zero-order valence-electron chi connectivity index (χ0n) is 15.8. The third-order valence-corrected chi connectivity index (χ3v) is 4.58. The second kappa shape index (κ2) is 9.12. The van der Waals surface area contributed by atoms with Crippen molar-refractivity contribution >= 4 is 23.5 Å². The predicted molar refractivity (Wildman–Crippen MR) is 104 cm³/mol. The molecule has 2 aromatic rings. The number of benzene rings is 1. The Labute approximate surface area is 163 Å². The highest BCUT2D eigenvalue weighted by Gasteiger charge is 2.23. The molecule has 1 aromatic carbocycles. The molecule has 146 valence electrons. The van der Waals surface area contributed by atoms with Crippen LogP contribution in [0.2, 0.25) is 0 Å². The van der Waals surface area contributed by atoms with E-state index in [0.717, 1.165) is 12.0 Å². The molecule has 1 N–H and O–H groups in total. The van der Waals surface area contributed by atoms with Gasteiger partial charge in [-0.25, -0.2) is 4.79 Å². The summed E-state index contributed by atoms with van der Waals surface area (Å²) in [5, 5.41) is 2.76. The van der Waals surface area contributed by atoms with Crippen LogP contribution in [0.4, 0.5) is 5.69 Å². The van der Waals surface area contributed by atoms with Crippen LogP contribution in [0.15, 0.2) is 48.8 Å². The molecule has 1 aromatic heterocycles. The van der Waals surface area contributed by atoms with E-state index < -0.39 is 12.1 Å². The third-order valence-electron chi connectivity index (χ3n) is 4.58. The molecule has 1 fully saturated rings. The van der Waals surface area contributed by atoms with Crippen molar-refractivity contribution in [1.29, 1.82) is 0 Å². The molecular weight excluding hydrogens is 358 g/mol. The standard InChI is InChI=1S/C21H23N3O4/c1-15(20(26)23-12-9-16-7-10-22-11-8-16)28-21(27)17-4-2-5-18(14-17)24-13-3-6-19(24)25/h2,4-5,7-8,10-11,14-15H,3,6,9,12-13H2,1H3,(H,23,26). The van der Waals surface area contributed by atoms with Crippen LogP contribution >= 0.6 is 0 Å². The average Bonchev–Trinajstić information content (AvgIpc) is 3.14. The van der Waals surface area contributed by atoms with Crippen molar-refractivity contribution in [2.24, 2.45) is 0 Å². The Morgan fingerprint density at radius 1 is 1.25 bits per heavy atom. The minimum atomic E-state index is -0.915. The molecule has 7 heteroatoms. The van der Waals surface area contributed by atoms with Crippen molar-refractivity contribution in [2.45, 2.75) is 32.3 Å². The van der Waals surface area contributed by atoms with Crippen molar-refractivity contribution in [3.05, 3.63) is 59.9 Å². The summed E-state index contributed by atoms with van der Waals surface area (Å²) in [6.07, 6.45) is 4.48. The van der Waals surface area contributed by atoms with Gasteiger partial charge in [-0.15, -0.1) is 0 Å². The number of aromatic nitrogens is 1. The van der Waals surface area contributed by atoms with Crippen LogP contribution in [0.25, 0.3) is 0 Å².